The highest BCUT2D eigenvalue weighted by Crippen LogP contribution is 2.29. The number of anilines is 1. The van der Waals surface area contributed by atoms with Crippen molar-refractivity contribution in [3.8, 4) is 0 Å². The largest absolute Gasteiger partial charge is 0.368 e. The molecule has 104 valence electrons. The zero-order chi connectivity index (χ0) is 13.8. The van der Waals surface area contributed by atoms with Crippen molar-refractivity contribution in [2.24, 2.45) is 5.92 Å². The highest BCUT2D eigenvalue weighted by molar-refractivity contribution is 9.10. The van der Waals surface area contributed by atoms with E-state index in [0.717, 1.165) is 4.47 Å². The second-order valence-electron chi connectivity index (χ2n) is 4.84. The molecule has 5 heteroatoms. The molecule has 0 spiro atoms. The van der Waals surface area contributed by atoms with Gasteiger partial charge in [-0.25, -0.2) is 4.98 Å². The summed E-state index contributed by atoms with van der Waals surface area (Å²) >= 11 is 3.34. The first kappa shape index (κ1) is 14.5. The molecule has 0 aliphatic heterocycles. The molecule has 1 fully saturated rings. The van der Waals surface area contributed by atoms with E-state index < -0.39 is 6.10 Å². The van der Waals surface area contributed by atoms with Crippen LogP contribution in [-0.2, 0) is 9.53 Å². The van der Waals surface area contributed by atoms with E-state index in [4.69, 9.17) is 4.74 Å². The lowest BCUT2D eigenvalue weighted by Gasteiger charge is -2.23. The Bertz CT molecular complexity index is 432. The standard InChI is InChI=1S/C14H19BrN2O2/c1-3-17(13-7-6-12(15)8-16-13)14(18)10(2)19-9-11-4-5-11/h6-8,10-11H,3-5,9H2,1-2H3/t10-/m0/s1. The Morgan fingerprint density at radius 2 is 2.32 bits per heavy atom. The summed E-state index contributed by atoms with van der Waals surface area (Å²) in [5.74, 6) is 1.30. The quantitative estimate of drug-likeness (QED) is 0.807. The normalized spacial score (nSPS) is 16.2. The smallest absolute Gasteiger partial charge is 0.256 e. The van der Waals surface area contributed by atoms with E-state index in [1.807, 2.05) is 26.0 Å². The molecule has 1 aromatic heterocycles. The number of hydrogen-bond acceptors (Lipinski definition) is 3. The monoisotopic (exact) mass is 326 g/mol. The Balaban J connectivity index is 1.98. The van der Waals surface area contributed by atoms with Crippen LogP contribution in [0.5, 0.6) is 0 Å². The third kappa shape index (κ3) is 4.01. The number of hydrogen-bond donors (Lipinski definition) is 0. The van der Waals surface area contributed by atoms with Crippen LogP contribution in [0.4, 0.5) is 5.82 Å². The Kier molecular flexibility index (Phi) is 4.93. The number of carbonyl (C=O) groups is 1. The van der Waals surface area contributed by atoms with E-state index in [0.29, 0.717) is 24.9 Å². The maximum absolute atomic E-state index is 12.3. The van der Waals surface area contributed by atoms with Gasteiger partial charge in [-0.05, 0) is 60.7 Å². The maximum Gasteiger partial charge on any atom is 0.256 e. The third-order valence-corrected chi connectivity index (χ3v) is 3.67. The molecule has 1 amide bonds. The van der Waals surface area contributed by atoms with Crippen molar-refractivity contribution in [3.05, 3.63) is 22.8 Å². The summed E-state index contributed by atoms with van der Waals surface area (Å²) in [4.78, 5) is 18.3. The zero-order valence-corrected chi connectivity index (χ0v) is 12.9. The molecule has 19 heavy (non-hydrogen) atoms. The minimum atomic E-state index is -0.411. The Morgan fingerprint density at radius 3 is 2.84 bits per heavy atom. The molecule has 0 saturated heterocycles. The maximum atomic E-state index is 12.3. The first-order valence-electron chi connectivity index (χ1n) is 6.66. The zero-order valence-electron chi connectivity index (χ0n) is 11.3. The molecule has 1 atom stereocenters. The predicted octanol–water partition coefficient (Wildman–Crippen LogP) is 3.01. The molecule has 1 saturated carbocycles. The van der Waals surface area contributed by atoms with Gasteiger partial charge in [-0.3, -0.25) is 9.69 Å². The summed E-state index contributed by atoms with van der Waals surface area (Å²) in [5.41, 5.74) is 0. The molecule has 1 aliphatic rings. The summed E-state index contributed by atoms with van der Waals surface area (Å²) in [6.45, 7) is 5.03. The van der Waals surface area contributed by atoms with Crippen LogP contribution in [-0.4, -0.2) is 30.1 Å². The number of halogens is 1. The van der Waals surface area contributed by atoms with Crippen LogP contribution in [0.25, 0.3) is 0 Å². The van der Waals surface area contributed by atoms with Crippen LogP contribution >= 0.6 is 15.9 Å². The van der Waals surface area contributed by atoms with Gasteiger partial charge in [0, 0.05) is 17.2 Å². The molecule has 1 heterocycles. The summed E-state index contributed by atoms with van der Waals surface area (Å²) in [5, 5.41) is 0. The number of rotatable bonds is 6. The molecule has 0 unspecified atom stereocenters. The topological polar surface area (TPSA) is 42.4 Å². The average Bonchev–Trinajstić information content (AvgIpc) is 3.23. The van der Waals surface area contributed by atoms with Crippen molar-refractivity contribution in [2.75, 3.05) is 18.1 Å². The fraction of sp³-hybridized carbons (Fsp3) is 0.571. The third-order valence-electron chi connectivity index (χ3n) is 3.20. The van der Waals surface area contributed by atoms with Crippen molar-refractivity contribution in [2.45, 2.75) is 32.8 Å². The Hall–Kier alpha value is -0.940. The van der Waals surface area contributed by atoms with Crippen molar-refractivity contribution in [3.63, 3.8) is 0 Å². The number of aromatic nitrogens is 1. The second kappa shape index (κ2) is 6.48. The van der Waals surface area contributed by atoms with Crippen molar-refractivity contribution in [1.29, 1.82) is 0 Å². The molecule has 1 aromatic rings. The van der Waals surface area contributed by atoms with E-state index in [-0.39, 0.29) is 5.91 Å². The lowest BCUT2D eigenvalue weighted by atomic mass is 10.3. The van der Waals surface area contributed by atoms with Crippen LogP contribution in [0, 0.1) is 5.92 Å². The van der Waals surface area contributed by atoms with Crippen LogP contribution in [0.3, 0.4) is 0 Å². The summed E-state index contributed by atoms with van der Waals surface area (Å²) < 4.78 is 6.53. The number of carbonyl (C=O) groups excluding carboxylic acids is 1. The molecule has 1 aliphatic carbocycles. The number of pyridine rings is 1. The highest BCUT2D eigenvalue weighted by Gasteiger charge is 2.26. The van der Waals surface area contributed by atoms with Crippen molar-refractivity contribution in [1.82, 2.24) is 4.98 Å². The van der Waals surface area contributed by atoms with Crippen LogP contribution < -0.4 is 4.90 Å². The van der Waals surface area contributed by atoms with E-state index in [2.05, 4.69) is 20.9 Å². The Morgan fingerprint density at radius 1 is 1.58 bits per heavy atom. The van der Waals surface area contributed by atoms with Crippen molar-refractivity contribution >= 4 is 27.7 Å². The first-order chi connectivity index (χ1) is 9.11. The molecule has 0 bridgehead atoms. The van der Waals surface area contributed by atoms with Gasteiger partial charge in [-0.2, -0.15) is 0 Å². The van der Waals surface area contributed by atoms with E-state index in [1.165, 1.54) is 12.8 Å². The van der Waals surface area contributed by atoms with Crippen LogP contribution in [0.2, 0.25) is 0 Å². The fourth-order valence-electron chi connectivity index (χ4n) is 1.81. The summed E-state index contributed by atoms with van der Waals surface area (Å²) in [6, 6.07) is 3.72. The minimum Gasteiger partial charge on any atom is -0.368 e. The van der Waals surface area contributed by atoms with Gasteiger partial charge < -0.3 is 4.74 Å². The van der Waals surface area contributed by atoms with E-state index in [9.17, 15) is 4.79 Å². The molecule has 0 radical (unpaired) electrons. The number of likely N-dealkylation sites (N-methyl/N-ethyl adjacent to an activating group) is 1. The van der Waals surface area contributed by atoms with Crippen LogP contribution in [0.1, 0.15) is 26.7 Å². The minimum absolute atomic E-state index is 0.0297. The average molecular weight is 327 g/mol. The number of amides is 1. The molecule has 0 N–H and O–H groups in total. The summed E-state index contributed by atoms with van der Waals surface area (Å²) in [7, 11) is 0. The van der Waals surface area contributed by atoms with Gasteiger partial charge in [0.05, 0.1) is 6.61 Å². The van der Waals surface area contributed by atoms with Gasteiger partial charge in [-0.15, -0.1) is 0 Å². The molecule has 2 rings (SSSR count). The summed E-state index contributed by atoms with van der Waals surface area (Å²) in [6.07, 6.45) is 3.74. The Labute approximate surface area is 122 Å². The van der Waals surface area contributed by atoms with Gasteiger partial charge in [0.25, 0.3) is 5.91 Å². The number of ether oxygens (including phenoxy) is 1. The van der Waals surface area contributed by atoms with E-state index >= 15 is 0 Å². The molecular weight excluding hydrogens is 308 g/mol. The van der Waals surface area contributed by atoms with Gasteiger partial charge in [0.15, 0.2) is 0 Å². The van der Waals surface area contributed by atoms with Crippen LogP contribution in [0.15, 0.2) is 22.8 Å². The van der Waals surface area contributed by atoms with E-state index in [1.54, 1.807) is 11.1 Å². The van der Waals surface area contributed by atoms with Gasteiger partial charge in [-0.1, -0.05) is 0 Å². The predicted molar refractivity (Wildman–Crippen MR) is 78.1 cm³/mol. The second-order valence-corrected chi connectivity index (χ2v) is 5.75. The number of nitrogens with zero attached hydrogens (tertiary/aromatic N) is 2. The van der Waals surface area contributed by atoms with Gasteiger partial charge in [0.2, 0.25) is 0 Å². The van der Waals surface area contributed by atoms with Gasteiger partial charge >= 0.3 is 0 Å². The molecule has 4 nitrogen and oxygen atoms in total. The highest BCUT2D eigenvalue weighted by atomic mass is 79.9. The molecular formula is C14H19BrN2O2. The lowest BCUT2D eigenvalue weighted by molar-refractivity contribution is -0.129. The lowest BCUT2D eigenvalue weighted by Crippen LogP contribution is -2.39. The van der Waals surface area contributed by atoms with Crippen molar-refractivity contribution < 1.29 is 9.53 Å². The molecule has 0 aromatic carbocycles. The first-order valence-corrected chi connectivity index (χ1v) is 7.45. The fourth-order valence-corrected chi connectivity index (χ4v) is 2.05. The SMILES string of the molecule is CCN(C(=O)[C@H](C)OCC1CC1)c1ccc(Br)cn1. The van der Waals surface area contributed by atoms with Gasteiger partial charge in [0.1, 0.15) is 11.9 Å².